The topological polar surface area (TPSA) is 69.3 Å². The number of nitrogens with one attached hydrogen (secondary N) is 1. The Morgan fingerprint density at radius 2 is 1.93 bits per heavy atom. The molecule has 1 aliphatic heterocycles. The molecule has 1 aliphatic rings. The van der Waals surface area contributed by atoms with E-state index in [4.69, 9.17) is 4.42 Å². The van der Waals surface area contributed by atoms with Gasteiger partial charge in [0.1, 0.15) is 23.2 Å². The van der Waals surface area contributed by atoms with Crippen molar-refractivity contribution in [2.45, 2.75) is 19.3 Å². The number of rotatable bonds is 6. The van der Waals surface area contributed by atoms with Crippen molar-refractivity contribution in [2.75, 3.05) is 26.2 Å². The molecule has 0 saturated carbocycles. The van der Waals surface area contributed by atoms with Crippen molar-refractivity contribution in [2.24, 2.45) is 0 Å². The van der Waals surface area contributed by atoms with Gasteiger partial charge in [0, 0.05) is 29.2 Å². The maximum Gasteiger partial charge on any atom is 0.262 e. The largest absolute Gasteiger partial charge is 0.457 e. The lowest BCUT2D eigenvalue weighted by molar-refractivity contribution is -0.117. The summed E-state index contributed by atoms with van der Waals surface area (Å²) >= 11 is 3.40. The van der Waals surface area contributed by atoms with Gasteiger partial charge < -0.3 is 14.6 Å². The Balaban J connectivity index is 1.59. The SMILES string of the molecule is N#C/C(=C\c1ccc(-c2ccc(Br)cc2)o1)C(=O)NCCN1CCCCC1. The zero-order valence-electron chi connectivity index (χ0n) is 15.1. The number of hydrogen-bond donors (Lipinski definition) is 1. The predicted molar refractivity (Wildman–Crippen MR) is 109 cm³/mol. The molecule has 27 heavy (non-hydrogen) atoms. The summed E-state index contributed by atoms with van der Waals surface area (Å²) in [5.74, 6) is 0.809. The molecule has 1 N–H and O–H groups in total. The van der Waals surface area contributed by atoms with Crippen molar-refractivity contribution < 1.29 is 9.21 Å². The first-order valence-corrected chi connectivity index (χ1v) is 9.93. The van der Waals surface area contributed by atoms with Crippen LogP contribution in [0.1, 0.15) is 25.0 Å². The highest BCUT2D eigenvalue weighted by molar-refractivity contribution is 9.10. The molecule has 1 amide bonds. The number of piperidine rings is 1. The van der Waals surface area contributed by atoms with Gasteiger partial charge in [-0.15, -0.1) is 0 Å². The van der Waals surface area contributed by atoms with Crippen LogP contribution in [0, 0.1) is 11.3 Å². The van der Waals surface area contributed by atoms with Crippen LogP contribution in [0.4, 0.5) is 0 Å². The molecule has 5 nitrogen and oxygen atoms in total. The van der Waals surface area contributed by atoms with Gasteiger partial charge in [-0.05, 0) is 50.2 Å². The molecule has 1 fully saturated rings. The summed E-state index contributed by atoms with van der Waals surface area (Å²) in [6.45, 7) is 3.53. The number of halogens is 1. The van der Waals surface area contributed by atoms with Crippen LogP contribution in [0.25, 0.3) is 17.4 Å². The second-order valence-corrected chi connectivity index (χ2v) is 7.45. The summed E-state index contributed by atoms with van der Waals surface area (Å²) in [5.41, 5.74) is 0.979. The van der Waals surface area contributed by atoms with Crippen LogP contribution in [0.15, 0.2) is 50.9 Å². The zero-order valence-corrected chi connectivity index (χ0v) is 16.7. The van der Waals surface area contributed by atoms with Crippen LogP contribution in [-0.4, -0.2) is 37.0 Å². The van der Waals surface area contributed by atoms with Crippen LogP contribution < -0.4 is 5.32 Å². The zero-order chi connectivity index (χ0) is 19.1. The third-order valence-electron chi connectivity index (χ3n) is 4.57. The molecule has 140 valence electrons. The first kappa shape index (κ1) is 19.4. The minimum absolute atomic E-state index is 0.0466. The van der Waals surface area contributed by atoms with Crippen LogP contribution in [0.3, 0.4) is 0 Å². The second-order valence-electron chi connectivity index (χ2n) is 6.54. The summed E-state index contributed by atoms with van der Waals surface area (Å²) in [4.78, 5) is 14.6. The monoisotopic (exact) mass is 427 g/mol. The fraction of sp³-hybridized carbons (Fsp3) is 0.333. The predicted octanol–water partition coefficient (Wildman–Crippen LogP) is 4.22. The summed E-state index contributed by atoms with van der Waals surface area (Å²) < 4.78 is 6.75. The molecular weight excluding hydrogens is 406 g/mol. The second kappa shape index (κ2) is 9.54. The van der Waals surface area contributed by atoms with Gasteiger partial charge in [0.25, 0.3) is 5.91 Å². The molecule has 0 aliphatic carbocycles. The average Bonchev–Trinajstić information content (AvgIpc) is 3.16. The lowest BCUT2D eigenvalue weighted by Gasteiger charge is -2.26. The molecule has 6 heteroatoms. The molecule has 3 rings (SSSR count). The Bertz CT molecular complexity index is 843. The van der Waals surface area contributed by atoms with Crippen molar-refractivity contribution in [3.05, 3.63) is 52.2 Å². The third kappa shape index (κ3) is 5.56. The van der Waals surface area contributed by atoms with E-state index in [1.165, 1.54) is 25.3 Å². The van der Waals surface area contributed by atoms with Gasteiger partial charge in [-0.25, -0.2) is 0 Å². The Labute approximate surface area is 167 Å². The summed E-state index contributed by atoms with van der Waals surface area (Å²) in [6, 6.07) is 13.3. The smallest absolute Gasteiger partial charge is 0.262 e. The van der Waals surface area contributed by atoms with Gasteiger partial charge in [0.15, 0.2) is 0 Å². The number of benzene rings is 1. The van der Waals surface area contributed by atoms with Crippen molar-refractivity contribution in [1.29, 1.82) is 5.26 Å². The molecule has 0 unspecified atom stereocenters. The number of nitrogens with zero attached hydrogens (tertiary/aromatic N) is 2. The van der Waals surface area contributed by atoms with E-state index in [1.54, 1.807) is 6.07 Å². The van der Waals surface area contributed by atoms with E-state index in [0.717, 1.165) is 29.7 Å². The van der Waals surface area contributed by atoms with Gasteiger partial charge in [-0.1, -0.05) is 34.5 Å². The lowest BCUT2D eigenvalue weighted by Crippen LogP contribution is -2.37. The van der Waals surface area contributed by atoms with E-state index in [1.807, 2.05) is 36.4 Å². The molecule has 0 radical (unpaired) electrons. The minimum atomic E-state index is -0.365. The summed E-state index contributed by atoms with van der Waals surface area (Å²) in [6.07, 6.45) is 5.21. The van der Waals surface area contributed by atoms with E-state index < -0.39 is 0 Å². The molecule has 2 aromatic rings. The number of likely N-dealkylation sites (tertiary alicyclic amines) is 1. The van der Waals surface area contributed by atoms with E-state index >= 15 is 0 Å². The number of nitriles is 1. The van der Waals surface area contributed by atoms with Gasteiger partial charge in [-0.3, -0.25) is 4.79 Å². The fourth-order valence-corrected chi connectivity index (χ4v) is 3.36. The van der Waals surface area contributed by atoms with E-state index in [-0.39, 0.29) is 11.5 Å². The molecule has 0 spiro atoms. The van der Waals surface area contributed by atoms with Crippen molar-refractivity contribution in [1.82, 2.24) is 10.2 Å². The number of hydrogen-bond acceptors (Lipinski definition) is 4. The summed E-state index contributed by atoms with van der Waals surface area (Å²) in [7, 11) is 0. The van der Waals surface area contributed by atoms with Gasteiger partial charge in [0.2, 0.25) is 0 Å². The Morgan fingerprint density at radius 1 is 1.19 bits per heavy atom. The van der Waals surface area contributed by atoms with Crippen LogP contribution in [0.5, 0.6) is 0 Å². The quantitative estimate of drug-likeness (QED) is 0.553. The molecule has 0 bridgehead atoms. The van der Waals surface area contributed by atoms with Gasteiger partial charge in [0.05, 0.1) is 0 Å². The van der Waals surface area contributed by atoms with Crippen molar-refractivity contribution in [3.8, 4) is 17.4 Å². The Morgan fingerprint density at radius 3 is 2.63 bits per heavy atom. The van der Waals surface area contributed by atoms with Crippen LogP contribution in [-0.2, 0) is 4.79 Å². The minimum Gasteiger partial charge on any atom is -0.457 e. The maximum absolute atomic E-state index is 12.3. The number of carbonyl (C=O) groups is 1. The van der Waals surface area contributed by atoms with Crippen molar-refractivity contribution >= 4 is 27.9 Å². The lowest BCUT2D eigenvalue weighted by atomic mass is 10.1. The molecule has 2 heterocycles. The van der Waals surface area contributed by atoms with Gasteiger partial charge in [-0.2, -0.15) is 5.26 Å². The van der Waals surface area contributed by atoms with Gasteiger partial charge >= 0.3 is 0 Å². The maximum atomic E-state index is 12.3. The molecule has 0 atom stereocenters. The number of carbonyl (C=O) groups excluding carboxylic acids is 1. The summed E-state index contributed by atoms with van der Waals surface area (Å²) in [5, 5.41) is 12.2. The molecular formula is C21H22BrN3O2. The van der Waals surface area contributed by atoms with Crippen LogP contribution >= 0.6 is 15.9 Å². The van der Waals surface area contributed by atoms with Crippen molar-refractivity contribution in [3.63, 3.8) is 0 Å². The Kier molecular flexibility index (Phi) is 6.86. The molecule has 1 saturated heterocycles. The highest BCUT2D eigenvalue weighted by Gasteiger charge is 2.13. The first-order valence-electron chi connectivity index (χ1n) is 9.14. The standard InChI is InChI=1S/C21H22BrN3O2/c22-18-6-4-16(5-7-18)20-9-8-19(27-20)14-17(15-23)21(26)24-10-13-25-11-2-1-3-12-25/h4-9,14H,1-3,10-13H2,(H,24,26)/b17-14+. The number of furan rings is 1. The highest BCUT2D eigenvalue weighted by Crippen LogP contribution is 2.25. The third-order valence-corrected chi connectivity index (χ3v) is 5.10. The normalized spacial score (nSPS) is 15.3. The first-order chi connectivity index (χ1) is 13.2. The Hall–Kier alpha value is -2.36. The molecule has 1 aromatic carbocycles. The van der Waals surface area contributed by atoms with E-state index in [2.05, 4.69) is 26.1 Å². The van der Waals surface area contributed by atoms with E-state index in [0.29, 0.717) is 18.1 Å². The van der Waals surface area contributed by atoms with E-state index in [9.17, 15) is 10.1 Å². The highest BCUT2D eigenvalue weighted by atomic mass is 79.9. The molecule has 1 aromatic heterocycles. The average molecular weight is 428 g/mol. The fourth-order valence-electron chi connectivity index (χ4n) is 3.10. The number of amides is 1. The van der Waals surface area contributed by atoms with Crippen LogP contribution in [0.2, 0.25) is 0 Å².